The van der Waals surface area contributed by atoms with Crippen molar-refractivity contribution in [3.63, 3.8) is 0 Å². The van der Waals surface area contributed by atoms with Gasteiger partial charge >= 0.3 is 6.09 Å². The van der Waals surface area contributed by atoms with Crippen molar-refractivity contribution in [3.05, 3.63) is 59.9 Å². The maximum atomic E-state index is 13.2. The zero-order valence-corrected chi connectivity index (χ0v) is 18.1. The van der Waals surface area contributed by atoms with Gasteiger partial charge in [-0.2, -0.15) is 0 Å². The number of H-pyrrole nitrogens is 1. The molecule has 4 rings (SSSR count). The number of ether oxygens (including phenoxy) is 1. The Kier molecular flexibility index (Phi) is 5.67. The van der Waals surface area contributed by atoms with E-state index >= 15 is 0 Å². The van der Waals surface area contributed by atoms with Crippen LogP contribution in [0, 0.1) is 0 Å². The molecule has 3 aromatic rings. The molecule has 1 saturated heterocycles. The molecule has 1 atom stereocenters. The predicted octanol–water partition coefficient (Wildman–Crippen LogP) is 4.93. The number of carbonyl (C=O) groups excluding carboxylic acids is 2. The third kappa shape index (κ3) is 5.05. The minimum absolute atomic E-state index is 0.0475. The number of benzene rings is 2. The fourth-order valence-corrected chi connectivity index (χ4v) is 3.88. The Balaban J connectivity index is 1.45. The fraction of sp³-hybridized carbons (Fsp3) is 0.375. The van der Waals surface area contributed by atoms with Crippen molar-refractivity contribution in [2.75, 3.05) is 18.4 Å². The lowest BCUT2D eigenvalue weighted by molar-refractivity contribution is 0.0634. The summed E-state index contributed by atoms with van der Waals surface area (Å²) in [6.45, 7) is 6.74. The Bertz CT molecular complexity index is 1070. The molecular formula is C24H28N4O3. The number of aromatic amines is 1. The number of rotatable bonds is 3. The number of fused-ring (bicyclic) bond motifs is 1. The molecule has 162 valence electrons. The predicted molar refractivity (Wildman–Crippen MR) is 120 cm³/mol. The summed E-state index contributed by atoms with van der Waals surface area (Å²) in [5, 5.41) is 2.70. The highest BCUT2D eigenvalue weighted by molar-refractivity contribution is 5.96. The lowest BCUT2D eigenvalue weighted by Gasteiger charge is -2.32. The number of nitrogens with zero attached hydrogens (tertiary/aromatic N) is 2. The van der Waals surface area contributed by atoms with Crippen LogP contribution in [0.3, 0.4) is 0 Å². The quantitative estimate of drug-likeness (QED) is 0.629. The number of hydrogen-bond acceptors (Lipinski definition) is 4. The van der Waals surface area contributed by atoms with E-state index in [2.05, 4.69) is 10.3 Å². The van der Waals surface area contributed by atoms with E-state index in [1.807, 2.05) is 29.2 Å². The number of anilines is 1. The molecule has 2 heterocycles. The third-order valence-corrected chi connectivity index (χ3v) is 5.26. The summed E-state index contributed by atoms with van der Waals surface area (Å²) >= 11 is 0. The number of nitrogens with one attached hydrogen (secondary N) is 2. The van der Waals surface area contributed by atoms with E-state index in [0.717, 1.165) is 29.7 Å². The number of hydrogen-bond donors (Lipinski definition) is 2. The Morgan fingerprint density at radius 3 is 2.74 bits per heavy atom. The summed E-state index contributed by atoms with van der Waals surface area (Å²) in [7, 11) is 0. The topological polar surface area (TPSA) is 87.3 Å². The molecule has 1 aliphatic rings. The largest absolute Gasteiger partial charge is 0.444 e. The van der Waals surface area contributed by atoms with Crippen molar-refractivity contribution >= 4 is 28.7 Å². The molecule has 1 aromatic heterocycles. The van der Waals surface area contributed by atoms with Crippen LogP contribution in [0.15, 0.2) is 48.5 Å². The zero-order valence-electron chi connectivity index (χ0n) is 18.1. The average Bonchev–Trinajstić information content (AvgIpc) is 3.16. The summed E-state index contributed by atoms with van der Waals surface area (Å²) in [6.07, 6.45) is 1.37. The third-order valence-electron chi connectivity index (χ3n) is 5.26. The first-order chi connectivity index (χ1) is 14.8. The average molecular weight is 421 g/mol. The molecular weight excluding hydrogens is 392 g/mol. The molecule has 31 heavy (non-hydrogen) atoms. The molecule has 2 amide bonds. The van der Waals surface area contributed by atoms with Crippen LogP contribution in [0.4, 0.5) is 10.5 Å². The summed E-state index contributed by atoms with van der Waals surface area (Å²) in [4.78, 5) is 35.2. The van der Waals surface area contributed by atoms with E-state index in [9.17, 15) is 9.59 Å². The highest BCUT2D eigenvalue weighted by atomic mass is 16.6. The normalized spacial score (nSPS) is 16.9. The van der Waals surface area contributed by atoms with Crippen LogP contribution in [-0.4, -0.2) is 45.6 Å². The number of aromatic nitrogens is 2. The van der Waals surface area contributed by atoms with Crippen molar-refractivity contribution in [1.82, 2.24) is 14.9 Å². The summed E-state index contributed by atoms with van der Waals surface area (Å²) in [5.41, 5.74) is 2.45. The van der Waals surface area contributed by atoms with Crippen LogP contribution in [0.1, 0.15) is 55.7 Å². The lowest BCUT2D eigenvalue weighted by Crippen LogP contribution is -2.39. The molecule has 0 radical (unpaired) electrons. The SMILES string of the molecule is CC(C)(C)OC(=O)Nc1cccc(C(=O)N2CCCC(c3nc4ccccc4[nH]3)C2)c1. The van der Waals surface area contributed by atoms with Crippen LogP contribution < -0.4 is 5.32 Å². The van der Waals surface area contributed by atoms with E-state index in [1.54, 1.807) is 45.0 Å². The summed E-state index contributed by atoms with van der Waals surface area (Å²) in [5.74, 6) is 1.06. The van der Waals surface area contributed by atoms with E-state index in [0.29, 0.717) is 24.3 Å². The molecule has 1 fully saturated rings. The van der Waals surface area contributed by atoms with Crippen molar-refractivity contribution in [3.8, 4) is 0 Å². The van der Waals surface area contributed by atoms with Crippen molar-refractivity contribution in [2.24, 2.45) is 0 Å². The van der Waals surface area contributed by atoms with Gasteiger partial charge in [-0.1, -0.05) is 18.2 Å². The molecule has 0 aliphatic carbocycles. The monoisotopic (exact) mass is 420 g/mol. The van der Waals surface area contributed by atoms with Gasteiger partial charge in [-0.15, -0.1) is 0 Å². The maximum Gasteiger partial charge on any atom is 0.412 e. The van der Waals surface area contributed by atoms with Crippen LogP contribution in [0.25, 0.3) is 11.0 Å². The number of carbonyl (C=O) groups is 2. The molecule has 2 aromatic carbocycles. The first-order valence-electron chi connectivity index (χ1n) is 10.6. The van der Waals surface area contributed by atoms with Crippen LogP contribution in [0.2, 0.25) is 0 Å². The van der Waals surface area contributed by atoms with Crippen molar-refractivity contribution in [2.45, 2.75) is 45.1 Å². The molecule has 2 N–H and O–H groups in total. The van der Waals surface area contributed by atoms with Crippen LogP contribution in [0.5, 0.6) is 0 Å². The molecule has 7 heteroatoms. The standard InChI is InChI=1S/C24H28N4O3/c1-24(2,3)31-23(30)25-18-10-6-8-16(14-18)22(29)28-13-7-9-17(15-28)21-26-19-11-4-5-12-20(19)27-21/h4-6,8,10-12,14,17H,7,9,13,15H2,1-3H3,(H,25,30)(H,26,27). The van der Waals surface area contributed by atoms with Crippen LogP contribution >= 0.6 is 0 Å². The number of para-hydroxylation sites is 2. The van der Waals surface area contributed by atoms with E-state index in [1.165, 1.54) is 0 Å². The highest BCUT2D eigenvalue weighted by Crippen LogP contribution is 2.28. The molecule has 1 aliphatic heterocycles. The Hall–Kier alpha value is -3.35. The minimum atomic E-state index is -0.586. The number of likely N-dealkylation sites (tertiary alicyclic amines) is 1. The number of imidazole rings is 1. The Morgan fingerprint density at radius 1 is 1.16 bits per heavy atom. The van der Waals surface area contributed by atoms with Crippen LogP contribution in [-0.2, 0) is 4.74 Å². The van der Waals surface area contributed by atoms with Gasteiger partial charge in [0.25, 0.3) is 5.91 Å². The Morgan fingerprint density at radius 2 is 1.97 bits per heavy atom. The molecule has 0 spiro atoms. The lowest BCUT2D eigenvalue weighted by atomic mass is 9.96. The van der Waals surface area contributed by atoms with Gasteiger partial charge in [0.2, 0.25) is 0 Å². The van der Waals surface area contributed by atoms with Crippen molar-refractivity contribution in [1.29, 1.82) is 0 Å². The van der Waals surface area contributed by atoms with Gasteiger partial charge in [0, 0.05) is 30.3 Å². The molecule has 0 bridgehead atoms. The smallest absolute Gasteiger partial charge is 0.412 e. The minimum Gasteiger partial charge on any atom is -0.444 e. The van der Waals surface area contributed by atoms with E-state index in [4.69, 9.17) is 9.72 Å². The Labute approximate surface area is 181 Å². The van der Waals surface area contributed by atoms with Gasteiger partial charge in [-0.25, -0.2) is 9.78 Å². The second-order valence-electron chi connectivity index (χ2n) is 8.94. The second-order valence-corrected chi connectivity index (χ2v) is 8.94. The van der Waals surface area contributed by atoms with Gasteiger partial charge in [0.1, 0.15) is 11.4 Å². The highest BCUT2D eigenvalue weighted by Gasteiger charge is 2.27. The molecule has 0 saturated carbocycles. The molecule has 1 unspecified atom stereocenters. The first kappa shape index (κ1) is 20.9. The van der Waals surface area contributed by atoms with E-state index < -0.39 is 11.7 Å². The second kappa shape index (κ2) is 8.41. The fourth-order valence-electron chi connectivity index (χ4n) is 3.88. The van der Waals surface area contributed by atoms with Gasteiger partial charge in [-0.05, 0) is 63.9 Å². The first-order valence-corrected chi connectivity index (χ1v) is 10.6. The van der Waals surface area contributed by atoms with Gasteiger partial charge in [-0.3, -0.25) is 10.1 Å². The number of amides is 2. The summed E-state index contributed by atoms with van der Waals surface area (Å²) < 4.78 is 5.29. The summed E-state index contributed by atoms with van der Waals surface area (Å²) in [6, 6.07) is 14.9. The molecule has 7 nitrogen and oxygen atoms in total. The number of piperidine rings is 1. The maximum absolute atomic E-state index is 13.2. The van der Waals surface area contributed by atoms with E-state index in [-0.39, 0.29) is 11.8 Å². The van der Waals surface area contributed by atoms with Gasteiger partial charge in [0.15, 0.2) is 0 Å². The van der Waals surface area contributed by atoms with Gasteiger partial charge in [0.05, 0.1) is 11.0 Å². The zero-order chi connectivity index (χ0) is 22.0. The van der Waals surface area contributed by atoms with Crippen molar-refractivity contribution < 1.29 is 14.3 Å². The van der Waals surface area contributed by atoms with Gasteiger partial charge < -0.3 is 14.6 Å².